The summed E-state index contributed by atoms with van der Waals surface area (Å²) in [6.45, 7) is 1.70. The molecule has 1 saturated heterocycles. The van der Waals surface area contributed by atoms with Gasteiger partial charge >= 0.3 is 5.97 Å². The van der Waals surface area contributed by atoms with Gasteiger partial charge in [-0.15, -0.1) is 23.2 Å². The quantitative estimate of drug-likeness (QED) is 0.585. The number of Topliss-reactive ketones (excluding diaryl/α,β-unsaturated/α-hetero) is 1. The van der Waals surface area contributed by atoms with Crippen molar-refractivity contribution in [3.05, 3.63) is 0 Å². The predicted octanol–water partition coefficient (Wildman–Crippen LogP) is 1.64. The van der Waals surface area contributed by atoms with Gasteiger partial charge in [-0.1, -0.05) is 6.42 Å². The zero-order chi connectivity index (χ0) is 17.0. The number of halogens is 2. The van der Waals surface area contributed by atoms with Gasteiger partial charge in [0.05, 0.1) is 23.5 Å². The molecule has 0 aromatic carbocycles. The number of carbonyl (C=O) groups excluding carboxylic acids is 2. The molecule has 1 heterocycles. The first-order chi connectivity index (χ1) is 10.8. The number of esters is 1. The monoisotopic (exact) mass is 364 g/mol. The molecule has 0 spiro atoms. The van der Waals surface area contributed by atoms with E-state index in [9.17, 15) is 19.8 Å². The summed E-state index contributed by atoms with van der Waals surface area (Å²) in [4.78, 5) is 24.7. The Bertz CT molecular complexity index is 527. The first-order valence-electron chi connectivity index (χ1n) is 8.12. The molecule has 3 fully saturated rings. The van der Waals surface area contributed by atoms with Gasteiger partial charge in [0.15, 0.2) is 0 Å². The molecular weight excluding hydrogens is 343 g/mol. The molecule has 0 bridgehead atoms. The van der Waals surface area contributed by atoms with E-state index in [1.807, 2.05) is 0 Å². The standard InChI is InChI=1S/C16H22Cl2O5/c1-15-9(5-6-17)11(19)7-16(15,14(22)23-15)13(21)8-3-2-4-10(18)12(8)20/h8-10,12-13,20-21H,2-7H2,1H3/t8-,9-,10?,12?,13-,15-,16+/m0/s1. The first-order valence-corrected chi connectivity index (χ1v) is 9.09. The summed E-state index contributed by atoms with van der Waals surface area (Å²) in [6.07, 6.45) is 0.336. The second kappa shape index (κ2) is 5.87. The lowest BCUT2D eigenvalue weighted by atomic mass is 9.59. The molecule has 5 nitrogen and oxygen atoms in total. The summed E-state index contributed by atoms with van der Waals surface area (Å²) in [5, 5.41) is 20.9. The number of alkyl halides is 2. The Balaban J connectivity index is 1.93. The summed E-state index contributed by atoms with van der Waals surface area (Å²) >= 11 is 11.9. The molecule has 7 heteroatoms. The van der Waals surface area contributed by atoms with Crippen molar-refractivity contribution in [2.75, 3.05) is 5.88 Å². The van der Waals surface area contributed by atoms with Gasteiger partial charge in [-0.25, -0.2) is 0 Å². The lowest BCUT2D eigenvalue weighted by molar-refractivity contribution is -0.268. The van der Waals surface area contributed by atoms with Crippen LogP contribution < -0.4 is 0 Å². The largest absolute Gasteiger partial charge is 0.457 e. The number of aliphatic hydroxyl groups is 2. The van der Waals surface area contributed by atoms with Crippen molar-refractivity contribution < 1.29 is 24.5 Å². The second-order valence-corrected chi connectivity index (χ2v) is 8.13. The number of carbonyl (C=O) groups is 2. The Morgan fingerprint density at radius 3 is 2.70 bits per heavy atom. The molecule has 2 saturated carbocycles. The minimum atomic E-state index is -1.28. The van der Waals surface area contributed by atoms with Crippen LogP contribution in [0.15, 0.2) is 0 Å². The van der Waals surface area contributed by atoms with E-state index in [1.54, 1.807) is 6.92 Å². The smallest absolute Gasteiger partial charge is 0.319 e. The summed E-state index contributed by atoms with van der Waals surface area (Å²) < 4.78 is 5.37. The van der Waals surface area contributed by atoms with Crippen molar-refractivity contribution in [2.45, 2.75) is 62.2 Å². The van der Waals surface area contributed by atoms with E-state index < -0.39 is 46.4 Å². The Labute approximate surface area is 145 Å². The summed E-state index contributed by atoms with van der Waals surface area (Å²) in [7, 11) is 0. The molecule has 0 radical (unpaired) electrons. The van der Waals surface area contributed by atoms with Crippen molar-refractivity contribution in [1.29, 1.82) is 0 Å². The van der Waals surface area contributed by atoms with Crippen molar-refractivity contribution in [3.63, 3.8) is 0 Å². The van der Waals surface area contributed by atoms with Crippen LogP contribution in [-0.4, -0.2) is 51.0 Å². The van der Waals surface area contributed by atoms with E-state index in [1.165, 1.54) is 0 Å². The number of ether oxygens (including phenoxy) is 1. The van der Waals surface area contributed by atoms with Crippen LogP contribution >= 0.6 is 23.2 Å². The Morgan fingerprint density at radius 1 is 1.39 bits per heavy atom. The fourth-order valence-electron chi connectivity index (χ4n) is 4.80. The number of ketones is 1. The molecule has 2 N–H and O–H groups in total. The van der Waals surface area contributed by atoms with Crippen molar-refractivity contribution >= 4 is 35.0 Å². The lowest BCUT2D eigenvalue weighted by Crippen LogP contribution is -2.71. The Morgan fingerprint density at radius 2 is 2.09 bits per heavy atom. The van der Waals surface area contributed by atoms with E-state index in [0.717, 1.165) is 6.42 Å². The zero-order valence-corrected chi connectivity index (χ0v) is 14.5. The third kappa shape index (κ3) is 2.20. The number of fused-ring (bicyclic) bond motifs is 1. The predicted molar refractivity (Wildman–Crippen MR) is 84.4 cm³/mol. The molecular formula is C16H22Cl2O5. The number of aliphatic hydroxyl groups excluding tert-OH is 2. The van der Waals surface area contributed by atoms with Crippen molar-refractivity contribution in [3.8, 4) is 0 Å². The van der Waals surface area contributed by atoms with Crippen molar-refractivity contribution in [2.24, 2.45) is 17.3 Å². The fraction of sp³-hybridized carbons (Fsp3) is 0.875. The molecule has 0 aromatic heterocycles. The van der Waals surface area contributed by atoms with Crippen LogP contribution in [0.2, 0.25) is 0 Å². The van der Waals surface area contributed by atoms with E-state index in [0.29, 0.717) is 19.3 Å². The van der Waals surface area contributed by atoms with Gasteiger partial charge in [0.25, 0.3) is 0 Å². The second-order valence-electron chi connectivity index (χ2n) is 7.19. The van der Waals surface area contributed by atoms with E-state index >= 15 is 0 Å². The summed E-state index contributed by atoms with van der Waals surface area (Å²) in [5.41, 5.74) is -2.32. The molecule has 3 aliphatic rings. The maximum absolute atomic E-state index is 12.4. The maximum Gasteiger partial charge on any atom is 0.319 e. The molecule has 3 rings (SSSR count). The van der Waals surface area contributed by atoms with Crippen LogP contribution in [0, 0.1) is 17.3 Å². The number of rotatable bonds is 4. The topological polar surface area (TPSA) is 83.8 Å². The van der Waals surface area contributed by atoms with Gasteiger partial charge < -0.3 is 14.9 Å². The van der Waals surface area contributed by atoms with Crippen LogP contribution in [0.4, 0.5) is 0 Å². The minimum absolute atomic E-state index is 0.0543. The van der Waals surface area contributed by atoms with E-state index in [2.05, 4.69) is 0 Å². The molecule has 1 aliphatic heterocycles. The average molecular weight is 365 g/mol. The van der Waals surface area contributed by atoms with E-state index in [-0.39, 0.29) is 18.1 Å². The normalized spacial score (nSPS) is 47.7. The Hall–Kier alpha value is -0.360. The maximum atomic E-state index is 12.4. The molecule has 7 atom stereocenters. The molecule has 130 valence electrons. The first kappa shape index (κ1) is 17.5. The molecule has 2 unspecified atom stereocenters. The van der Waals surface area contributed by atoms with Gasteiger partial charge in [-0.05, 0) is 26.2 Å². The molecule has 2 aliphatic carbocycles. The molecule has 23 heavy (non-hydrogen) atoms. The van der Waals surface area contributed by atoms with Crippen molar-refractivity contribution in [1.82, 2.24) is 0 Å². The third-order valence-corrected chi connectivity index (χ3v) is 6.89. The van der Waals surface area contributed by atoms with Crippen LogP contribution in [0.1, 0.15) is 39.0 Å². The van der Waals surface area contributed by atoms with Gasteiger partial charge in [0.2, 0.25) is 0 Å². The van der Waals surface area contributed by atoms with Gasteiger partial charge in [-0.3, -0.25) is 9.59 Å². The van der Waals surface area contributed by atoms with Crippen LogP contribution in [0.25, 0.3) is 0 Å². The SMILES string of the molecule is C[C@@]12OC(=O)[C@]1([C@@H](O)[C@H]1CCCC(Cl)C1O)CC(=O)[C@@H]2CCCl. The van der Waals surface area contributed by atoms with E-state index in [4.69, 9.17) is 27.9 Å². The molecule has 0 amide bonds. The summed E-state index contributed by atoms with van der Waals surface area (Å²) in [5.74, 6) is -1.40. The molecule has 0 aromatic rings. The number of hydrogen-bond donors (Lipinski definition) is 2. The minimum Gasteiger partial charge on any atom is -0.457 e. The highest BCUT2D eigenvalue weighted by molar-refractivity contribution is 6.21. The fourth-order valence-corrected chi connectivity index (χ4v) is 5.36. The Kier molecular flexibility index (Phi) is 4.45. The average Bonchev–Trinajstić information content (AvgIpc) is 2.67. The highest BCUT2D eigenvalue weighted by atomic mass is 35.5. The van der Waals surface area contributed by atoms with Gasteiger partial charge in [0.1, 0.15) is 16.8 Å². The van der Waals surface area contributed by atoms with Gasteiger partial charge in [0, 0.05) is 18.2 Å². The van der Waals surface area contributed by atoms with Crippen LogP contribution in [0.3, 0.4) is 0 Å². The number of hydrogen-bond acceptors (Lipinski definition) is 5. The van der Waals surface area contributed by atoms with Gasteiger partial charge in [-0.2, -0.15) is 0 Å². The highest BCUT2D eigenvalue weighted by Gasteiger charge is 2.79. The zero-order valence-electron chi connectivity index (χ0n) is 13.0. The van der Waals surface area contributed by atoms with Crippen LogP contribution in [-0.2, 0) is 14.3 Å². The lowest BCUT2D eigenvalue weighted by Gasteiger charge is -2.56. The van der Waals surface area contributed by atoms with Crippen LogP contribution in [0.5, 0.6) is 0 Å². The summed E-state index contributed by atoms with van der Waals surface area (Å²) in [6, 6.07) is 0. The third-order valence-electron chi connectivity index (χ3n) is 6.20. The highest BCUT2D eigenvalue weighted by Crippen LogP contribution is 2.63.